The molecule has 0 aliphatic rings. The highest BCUT2D eigenvalue weighted by atomic mass is 35.5. The van der Waals surface area contributed by atoms with Gasteiger partial charge in [-0.3, -0.25) is 0 Å². The Morgan fingerprint density at radius 3 is 2.44 bits per heavy atom. The molecule has 1 unspecified atom stereocenters. The van der Waals surface area contributed by atoms with Gasteiger partial charge in [0.05, 0.1) is 16.0 Å². The second-order valence-corrected chi connectivity index (χ2v) is 5.41. The average molecular weight is 311 g/mol. The molecule has 1 aromatic carbocycles. The second-order valence-electron chi connectivity index (χ2n) is 3.62. The van der Waals surface area contributed by atoms with Crippen molar-refractivity contribution in [3.8, 4) is 0 Å². The summed E-state index contributed by atoms with van der Waals surface area (Å²) < 4.78 is 37.8. The molecule has 0 saturated carbocycles. The number of hydrogen-bond donors (Lipinski definition) is 0. The minimum absolute atomic E-state index is 0.385. The van der Waals surface area contributed by atoms with Crippen LogP contribution in [-0.2, 0) is 6.18 Å². The number of thiophene rings is 1. The standard InChI is InChI=1S/C12H7Cl2F3S/c13-9-4-5-18-11(9)10(14)7-2-1-3-8(6-7)12(15,16)17/h1-6,10H. The first kappa shape index (κ1) is 13.7. The third-order valence-corrected chi connectivity index (χ3v) is 4.40. The van der Waals surface area contributed by atoms with Gasteiger partial charge in [-0.15, -0.1) is 22.9 Å². The van der Waals surface area contributed by atoms with Crippen molar-refractivity contribution in [2.75, 3.05) is 0 Å². The van der Waals surface area contributed by atoms with Crippen molar-refractivity contribution in [2.24, 2.45) is 0 Å². The molecule has 0 fully saturated rings. The van der Waals surface area contributed by atoms with Crippen LogP contribution in [0.2, 0.25) is 5.02 Å². The van der Waals surface area contributed by atoms with Crippen LogP contribution in [0.5, 0.6) is 0 Å². The van der Waals surface area contributed by atoms with Gasteiger partial charge in [-0.25, -0.2) is 0 Å². The maximum absolute atomic E-state index is 12.6. The quantitative estimate of drug-likeness (QED) is 0.620. The van der Waals surface area contributed by atoms with Gasteiger partial charge in [-0.1, -0.05) is 23.7 Å². The molecule has 0 saturated heterocycles. The predicted octanol–water partition coefficient (Wildman–Crippen LogP) is 5.75. The maximum Gasteiger partial charge on any atom is 0.416 e. The van der Waals surface area contributed by atoms with Crippen molar-refractivity contribution in [3.05, 3.63) is 56.7 Å². The van der Waals surface area contributed by atoms with Gasteiger partial charge in [-0.2, -0.15) is 13.2 Å². The van der Waals surface area contributed by atoms with Crippen molar-refractivity contribution < 1.29 is 13.2 Å². The van der Waals surface area contributed by atoms with Crippen molar-refractivity contribution >= 4 is 34.5 Å². The molecule has 18 heavy (non-hydrogen) atoms. The Kier molecular flexibility index (Phi) is 3.90. The first-order chi connectivity index (χ1) is 8.39. The Bertz CT molecular complexity index is 548. The normalized spacial score (nSPS) is 13.6. The van der Waals surface area contributed by atoms with Crippen LogP contribution in [0.25, 0.3) is 0 Å². The van der Waals surface area contributed by atoms with Gasteiger partial charge in [-0.05, 0) is 29.1 Å². The van der Waals surface area contributed by atoms with Crippen LogP contribution in [0.1, 0.15) is 21.4 Å². The summed E-state index contributed by atoms with van der Waals surface area (Å²) in [7, 11) is 0. The third-order valence-electron chi connectivity index (χ3n) is 2.38. The monoisotopic (exact) mass is 310 g/mol. The highest BCUT2D eigenvalue weighted by Gasteiger charge is 2.31. The van der Waals surface area contributed by atoms with Gasteiger partial charge in [0.15, 0.2) is 0 Å². The van der Waals surface area contributed by atoms with E-state index >= 15 is 0 Å². The van der Waals surface area contributed by atoms with Gasteiger partial charge in [0.2, 0.25) is 0 Å². The molecule has 0 nitrogen and oxygen atoms in total. The Balaban J connectivity index is 2.38. The number of halogens is 5. The summed E-state index contributed by atoms with van der Waals surface area (Å²) in [5, 5.41) is 1.55. The third kappa shape index (κ3) is 2.82. The zero-order chi connectivity index (χ0) is 13.3. The van der Waals surface area contributed by atoms with E-state index in [0.717, 1.165) is 12.1 Å². The van der Waals surface area contributed by atoms with Gasteiger partial charge in [0.1, 0.15) is 0 Å². The van der Waals surface area contributed by atoms with Crippen LogP contribution in [-0.4, -0.2) is 0 Å². The van der Waals surface area contributed by atoms with E-state index < -0.39 is 17.1 Å². The average Bonchev–Trinajstić information content (AvgIpc) is 2.73. The summed E-state index contributed by atoms with van der Waals surface area (Å²) in [4.78, 5) is 0.651. The zero-order valence-corrected chi connectivity index (χ0v) is 11.2. The Hall–Kier alpha value is -0.710. The fourth-order valence-corrected chi connectivity index (χ4v) is 3.14. The van der Waals surface area contributed by atoms with Gasteiger partial charge in [0.25, 0.3) is 0 Å². The zero-order valence-electron chi connectivity index (χ0n) is 8.84. The maximum atomic E-state index is 12.6. The van der Waals surface area contributed by atoms with Crippen LogP contribution in [0.4, 0.5) is 13.2 Å². The molecule has 1 heterocycles. The van der Waals surface area contributed by atoms with Crippen molar-refractivity contribution in [3.63, 3.8) is 0 Å². The second kappa shape index (κ2) is 5.11. The lowest BCUT2D eigenvalue weighted by Crippen LogP contribution is -2.05. The summed E-state index contributed by atoms with van der Waals surface area (Å²) in [5.74, 6) is 0. The molecule has 0 N–H and O–H groups in total. The lowest BCUT2D eigenvalue weighted by atomic mass is 10.1. The minimum atomic E-state index is -4.37. The van der Waals surface area contributed by atoms with E-state index in [4.69, 9.17) is 23.2 Å². The molecule has 0 aliphatic heterocycles. The summed E-state index contributed by atoms with van der Waals surface area (Å²) in [6, 6.07) is 6.64. The number of rotatable bonds is 2. The van der Waals surface area contributed by atoms with Gasteiger partial charge < -0.3 is 0 Å². The molecule has 0 radical (unpaired) electrons. The summed E-state index contributed by atoms with van der Waals surface area (Å²) in [6.07, 6.45) is -4.37. The molecular weight excluding hydrogens is 304 g/mol. The fourth-order valence-electron chi connectivity index (χ4n) is 1.51. The van der Waals surface area contributed by atoms with Crippen molar-refractivity contribution in [1.29, 1.82) is 0 Å². The molecule has 1 aromatic heterocycles. The molecule has 2 rings (SSSR count). The molecule has 0 spiro atoms. The number of alkyl halides is 4. The topological polar surface area (TPSA) is 0 Å². The Morgan fingerprint density at radius 2 is 1.89 bits per heavy atom. The lowest BCUT2D eigenvalue weighted by molar-refractivity contribution is -0.137. The first-order valence-corrected chi connectivity index (χ1v) is 6.63. The van der Waals surface area contributed by atoms with E-state index in [0.29, 0.717) is 15.5 Å². The van der Waals surface area contributed by atoms with E-state index in [1.165, 1.54) is 17.4 Å². The van der Waals surface area contributed by atoms with Crippen LogP contribution >= 0.6 is 34.5 Å². The van der Waals surface area contributed by atoms with Gasteiger partial charge in [0, 0.05) is 4.88 Å². The Morgan fingerprint density at radius 1 is 1.17 bits per heavy atom. The molecular formula is C12H7Cl2F3S. The molecule has 96 valence electrons. The molecule has 6 heteroatoms. The van der Waals surface area contributed by atoms with Crippen LogP contribution in [0.15, 0.2) is 35.7 Å². The van der Waals surface area contributed by atoms with Crippen LogP contribution < -0.4 is 0 Å². The van der Waals surface area contributed by atoms with E-state index in [1.807, 2.05) is 0 Å². The lowest BCUT2D eigenvalue weighted by Gasteiger charge is -2.12. The largest absolute Gasteiger partial charge is 0.416 e. The SMILES string of the molecule is FC(F)(F)c1cccc(C(Cl)c2sccc2Cl)c1. The van der Waals surface area contributed by atoms with E-state index in [2.05, 4.69) is 0 Å². The Labute approximate surface area is 116 Å². The highest BCUT2D eigenvalue weighted by Crippen LogP contribution is 2.39. The highest BCUT2D eigenvalue weighted by molar-refractivity contribution is 7.11. The molecule has 0 aliphatic carbocycles. The molecule has 0 bridgehead atoms. The van der Waals surface area contributed by atoms with E-state index in [9.17, 15) is 13.2 Å². The summed E-state index contributed by atoms with van der Waals surface area (Å²) in [5.41, 5.74) is -0.325. The van der Waals surface area contributed by atoms with Crippen molar-refractivity contribution in [1.82, 2.24) is 0 Å². The van der Waals surface area contributed by atoms with E-state index in [-0.39, 0.29) is 0 Å². The summed E-state index contributed by atoms with van der Waals surface area (Å²) in [6.45, 7) is 0. The number of hydrogen-bond acceptors (Lipinski definition) is 1. The van der Waals surface area contributed by atoms with Crippen molar-refractivity contribution in [2.45, 2.75) is 11.6 Å². The van der Waals surface area contributed by atoms with Crippen LogP contribution in [0.3, 0.4) is 0 Å². The van der Waals surface area contributed by atoms with Crippen LogP contribution in [0, 0.1) is 0 Å². The molecule has 0 amide bonds. The minimum Gasteiger partial charge on any atom is -0.166 e. The van der Waals surface area contributed by atoms with Gasteiger partial charge >= 0.3 is 6.18 Å². The predicted molar refractivity (Wildman–Crippen MR) is 68.5 cm³/mol. The number of benzene rings is 1. The smallest absolute Gasteiger partial charge is 0.166 e. The molecule has 1 atom stereocenters. The van der Waals surface area contributed by atoms with E-state index in [1.54, 1.807) is 17.5 Å². The molecule has 2 aromatic rings. The fraction of sp³-hybridized carbons (Fsp3) is 0.167. The summed E-state index contributed by atoms with van der Waals surface area (Å²) >= 11 is 13.4. The first-order valence-electron chi connectivity index (χ1n) is 4.93.